The summed E-state index contributed by atoms with van der Waals surface area (Å²) in [7, 11) is 0.183. The molecule has 8 heteroatoms. The number of hydrogen-bond acceptors (Lipinski definition) is 6. The van der Waals surface area contributed by atoms with Gasteiger partial charge in [0, 0.05) is 18.7 Å². The highest BCUT2D eigenvalue weighted by atomic mass is 16.5. The van der Waals surface area contributed by atoms with Crippen molar-refractivity contribution in [1.82, 2.24) is 4.98 Å². The number of carbonyl (C=O) groups is 1. The number of pyridine rings is 1. The zero-order valence-electron chi connectivity index (χ0n) is 18.5. The van der Waals surface area contributed by atoms with Crippen molar-refractivity contribution in [3.63, 3.8) is 0 Å². The lowest BCUT2D eigenvalue weighted by molar-refractivity contribution is -0.0893. The maximum absolute atomic E-state index is 11.6. The van der Waals surface area contributed by atoms with E-state index in [0.717, 1.165) is 32.2 Å². The van der Waals surface area contributed by atoms with Crippen LogP contribution in [-0.4, -0.2) is 48.2 Å². The van der Waals surface area contributed by atoms with E-state index in [1.807, 2.05) is 13.8 Å². The van der Waals surface area contributed by atoms with E-state index in [-0.39, 0.29) is 7.48 Å². The number of carbonyl (C=O) groups excluding carboxylic acids is 1. The average Bonchev–Trinajstić information content (AvgIpc) is 3.26. The second-order valence-corrected chi connectivity index (χ2v) is 8.74. The first kappa shape index (κ1) is 22.8. The van der Waals surface area contributed by atoms with E-state index < -0.39 is 11.2 Å². The summed E-state index contributed by atoms with van der Waals surface area (Å²) in [5.41, 5.74) is -0.170. The van der Waals surface area contributed by atoms with Crippen LogP contribution in [0.4, 0.5) is 11.5 Å². The van der Waals surface area contributed by atoms with Crippen LogP contribution in [0.1, 0.15) is 50.9 Å². The van der Waals surface area contributed by atoms with Gasteiger partial charge in [0.25, 0.3) is 0 Å². The van der Waals surface area contributed by atoms with Gasteiger partial charge in [-0.2, -0.15) is 0 Å². The van der Waals surface area contributed by atoms with Gasteiger partial charge in [-0.3, -0.25) is 4.79 Å². The molecule has 0 aliphatic carbocycles. The van der Waals surface area contributed by atoms with E-state index in [4.69, 9.17) is 16.0 Å². The maximum atomic E-state index is 11.6. The van der Waals surface area contributed by atoms with Crippen LogP contribution in [0.15, 0.2) is 30.3 Å². The van der Waals surface area contributed by atoms with Gasteiger partial charge in [0.2, 0.25) is 11.6 Å². The van der Waals surface area contributed by atoms with Gasteiger partial charge in [-0.1, -0.05) is 6.07 Å². The molecule has 31 heavy (non-hydrogen) atoms. The number of rotatable bonds is 8. The number of aldehydes is 1. The molecule has 1 saturated heterocycles. The molecule has 0 saturated carbocycles. The van der Waals surface area contributed by atoms with E-state index in [9.17, 15) is 9.90 Å². The number of ether oxygens (including phenoxy) is 1. The van der Waals surface area contributed by atoms with Crippen LogP contribution < -0.4 is 15.1 Å². The first-order chi connectivity index (χ1) is 14.6. The number of benzene rings is 1. The van der Waals surface area contributed by atoms with Crippen molar-refractivity contribution >= 4 is 30.7 Å². The van der Waals surface area contributed by atoms with Gasteiger partial charge in [0.05, 0.1) is 17.8 Å². The summed E-state index contributed by atoms with van der Waals surface area (Å²) in [6, 6.07) is 8.54. The highest BCUT2D eigenvalue weighted by Gasteiger charge is 2.35. The van der Waals surface area contributed by atoms with E-state index in [2.05, 4.69) is 14.7 Å². The zero-order chi connectivity index (χ0) is 22.6. The Labute approximate surface area is 184 Å². The second-order valence-electron chi connectivity index (χ2n) is 8.74. The monoisotopic (exact) mass is 421 g/mol. The summed E-state index contributed by atoms with van der Waals surface area (Å²) in [5.74, 6) is 1.49. The van der Waals surface area contributed by atoms with Gasteiger partial charge in [-0.15, -0.1) is 0 Å². The molecule has 0 radical (unpaired) electrons. The van der Waals surface area contributed by atoms with Crippen molar-refractivity contribution in [3.8, 4) is 11.6 Å². The van der Waals surface area contributed by atoms with Gasteiger partial charge in [0.1, 0.15) is 17.9 Å². The van der Waals surface area contributed by atoms with Gasteiger partial charge in [0.15, 0.2) is 0 Å². The largest absolute Gasteiger partial charge is 0.439 e. The highest BCUT2D eigenvalue weighted by molar-refractivity contribution is 6.49. The molecule has 1 aliphatic rings. The molecular formula is C23H28BN3O4. The lowest BCUT2D eigenvalue weighted by Gasteiger charge is -2.37. The highest BCUT2D eigenvalue weighted by Crippen LogP contribution is 2.33. The van der Waals surface area contributed by atoms with Crippen molar-refractivity contribution < 1.29 is 19.3 Å². The fraction of sp³-hybridized carbons (Fsp3) is 0.435. The molecule has 0 spiro atoms. The molecule has 2 heterocycles. The van der Waals surface area contributed by atoms with Crippen molar-refractivity contribution in [2.24, 2.45) is 0 Å². The van der Waals surface area contributed by atoms with E-state index in [0.29, 0.717) is 34.2 Å². The molecule has 7 nitrogen and oxygen atoms in total. The Balaban J connectivity index is 1.78. The van der Waals surface area contributed by atoms with Crippen LogP contribution in [0.25, 0.3) is 4.85 Å². The van der Waals surface area contributed by atoms with Crippen LogP contribution in [0.3, 0.4) is 0 Å². The number of aliphatic hydroxyl groups is 1. The van der Waals surface area contributed by atoms with Crippen LogP contribution in [0, 0.1) is 6.57 Å². The molecule has 3 rings (SSSR count). The van der Waals surface area contributed by atoms with Gasteiger partial charge >= 0.3 is 7.48 Å². The quantitative estimate of drug-likeness (QED) is 0.400. The topological polar surface area (TPSA) is 76.2 Å². The number of aromatic nitrogens is 1. The normalized spacial score (nSPS) is 14.3. The Hall–Kier alpha value is -2.89. The third kappa shape index (κ3) is 5.24. The van der Waals surface area contributed by atoms with E-state index in [1.165, 1.54) is 0 Å². The fourth-order valence-corrected chi connectivity index (χ4v) is 3.16. The van der Waals surface area contributed by atoms with Crippen molar-refractivity contribution in [1.29, 1.82) is 0 Å². The molecule has 0 amide bonds. The first-order valence-electron chi connectivity index (χ1n) is 10.4. The molecule has 162 valence electrons. The Morgan fingerprint density at radius 1 is 1.19 bits per heavy atom. The third-order valence-corrected chi connectivity index (χ3v) is 5.88. The summed E-state index contributed by atoms with van der Waals surface area (Å²) in [5, 5.41) is 10.3. The van der Waals surface area contributed by atoms with Crippen LogP contribution in [0.5, 0.6) is 11.6 Å². The van der Waals surface area contributed by atoms with Crippen molar-refractivity contribution in [3.05, 3.63) is 47.3 Å². The SMILES string of the molecule is [C-]#[N+]c1ccc(Oc2ccc(BOC(C)(C)C(C)(C)O)c(C=O)c2)nc1N1CCCC1. The van der Waals surface area contributed by atoms with Crippen LogP contribution in [0.2, 0.25) is 0 Å². The average molecular weight is 421 g/mol. The Morgan fingerprint density at radius 2 is 1.90 bits per heavy atom. The molecule has 1 N–H and O–H groups in total. The smallest absolute Gasteiger partial charge is 0.310 e. The van der Waals surface area contributed by atoms with Gasteiger partial charge in [-0.05, 0) is 70.3 Å². The molecule has 1 aromatic heterocycles. The summed E-state index contributed by atoms with van der Waals surface area (Å²) in [6.07, 6.45) is 2.93. The number of anilines is 1. The standard InChI is InChI=1S/C23H28BN3O4/c1-22(2,29)23(3,4)31-24-18-9-8-17(14-16(18)15-28)30-20-11-10-19(25-5)21(26-20)27-12-6-7-13-27/h8-11,14-15,24,29H,6-7,12-13H2,1-4H3. The molecular weight excluding hydrogens is 393 g/mol. The predicted octanol–water partition coefficient (Wildman–Crippen LogP) is 3.38. The second kappa shape index (κ2) is 9.09. The lowest BCUT2D eigenvalue weighted by atomic mass is 9.80. The van der Waals surface area contributed by atoms with E-state index in [1.54, 1.807) is 44.2 Å². The first-order valence-corrected chi connectivity index (χ1v) is 10.4. The minimum absolute atomic E-state index is 0.183. The Morgan fingerprint density at radius 3 is 2.52 bits per heavy atom. The molecule has 0 bridgehead atoms. The molecule has 1 aliphatic heterocycles. The van der Waals surface area contributed by atoms with Crippen molar-refractivity contribution in [2.45, 2.75) is 51.7 Å². The Kier molecular flexibility index (Phi) is 6.68. The summed E-state index contributed by atoms with van der Waals surface area (Å²) >= 11 is 0. The zero-order valence-corrected chi connectivity index (χ0v) is 18.5. The lowest BCUT2D eigenvalue weighted by Crippen LogP contribution is -2.49. The Bertz CT molecular complexity index is 989. The molecule has 0 unspecified atom stereocenters. The minimum Gasteiger partial charge on any atom is -0.439 e. The van der Waals surface area contributed by atoms with Crippen LogP contribution >= 0.6 is 0 Å². The third-order valence-electron chi connectivity index (χ3n) is 5.88. The number of nitrogens with zero attached hydrogens (tertiary/aromatic N) is 3. The maximum Gasteiger partial charge on any atom is 0.310 e. The summed E-state index contributed by atoms with van der Waals surface area (Å²) in [4.78, 5) is 21.9. The summed E-state index contributed by atoms with van der Waals surface area (Å²) in [6.45, 7) is 16.1. The minimum atomic E-state index is -1.03. The van der Waals surface area contributed by atoms with Crippen LogP contribution in [-0.2, 0) is 4.65 Å². The fourth-order valence-electron chi connectivity index (χ4n) is 3.16. The van der Waals surface area contributed by atoms with Crippen molar-refractivity contribution in [2.75, 3.05) is 18.0 Å². The predicted molar refractivity (Wildman–Crippen MR) is 122 cm³/mol. The molecule has 2 aromatic rings. The summed E-state index contributed by atoms with van der Waals surface area (Å²) < 4.78 is 11.8. The van der Waals surface area contributed by atoms with Gasteiger partial charge < -0.3 is 19.4 Å². The van der Waals surface area contributed by atoms with E-state index >= 15 is 0 Å². The number of hydrogen-bond donors (Lipinski definition) is 1. The molecule has 1 fully saturated rings. The van der Waals surface area contributed by atoms with Gasteiger partial charge in [-0.25, -0.2) is 9.83 Å². The molecule has 0 atom stereocenters. The molecule has 1 aromatic carbocycles.